The average Bonchev–Trinajstić information content (AvgIpc) is 3.44. The molecule has 0 aliphatic rings. The molecule has 0 saturated carbocycles. The first-order valence-electron chi connectivity index (χ1n) is 33.6. The monoisotopic (exact) mass is 1150 g/mol. The van der Waals surface area contributed by atoms with Gasteiger partial charge in [0.05, 0.1) is 33.8 Å². The molecule has 3 atom stereocenters. The molecule has 0 heterocycles. The van der Waals surface area contributed by atoms with Gasteiger partial charge in [-0.1, -0.05) is 272 Å². The van der Waals surface area contributed by atoms with Crippen molar-refractivity contribution in [3.63, 3.8) is 0 Å². The molecule has 0 aromatic rings. The number of unbranched alkanes of at least 4 members (excludes halogenated alkanes) is 31. The summed E-state index contributed by atoms with van der Waals surface area (Å²) in [6, 6.07) is -0.900. The van der Waals surface area contributed by atoms with Gasteiger partial charge in [0, 0.05) is 12.8 Å². The van der Waals surface area contributed by atoms with Crippen LogP contribution in [0.1, 0.15) is 290 Å². The highest BCUT2D eigenvalue weighted by Gasteiger charge is 2.27. The fourth-order valence-corrected chi connectivity index (χ4v) is 10.1. The number of rotatable bonds is 60. The smallest absolute Gasteiger partial charge is 0.306 e. The second-order valence-corrected chi connectivity index (χ2v) is 25.0. The number of likely N-dealkylation sites (N-methyl/N-ethyl adjacent to an activating group) is 1. The molecule has 81 heavy (non-hydrogen) atoms. The number of phosphoric acid groups is 1. The third-order valence-corrected chi connectivity index (χ3v) is 15.5. The number of hydrogen-bond acceptors (Lipinski definition) is 7. The van der Waals surface area contributed by atoms with Gasteiger partial charge in [-0.3, -0.25) is 14.2 Å². The second kappa shape index (κ2) is 60.1. The topological polar surface area (TPSA) is 114 Å². The average molecular weight is 1150 g/mol. The molecule has 0 aliphatic heterocycles. The number of carbonyl (C=O) groups is 2. The van der Waals surface area contributed by atoms with Crippen LogP contribution in [0.5, 0.6) is 0 Å². The lowest BCUT2D eigenvalue weighted by Crippen LogP contribution is -2.47. The molecule has 1 N–H and O–H groups in total. The van der Waals surface area contributed by atoms with Gasteiger partial charge in [-0.05, 0) is 102 Å². The predicted octanol–water partition coefficient (Wildman–Crippen LogP) is 20.5. The number of ether oxygens (including phenoxy) is 1. The third kappa shape index (κ3) is 61.3. The zero-order valence-electron chi connectivity index (χ0n) is 53.5. The van der Waals surface area contributed by atoms with Crippen LogP contribution in [-0.2, 0) is 27.9 Å². The van der Waals surface area contributed by atoms with Crippen LogP contribution in [-0.4, -0.2) is 69.4 Å². The summed E-state index contributed by atoms with van der Waals surface area (Å²) in [5, 5.41) is 3.03. The van der Waals surface area contributed by atoms with Crippen molar-refractivity contribution in [3.05, 3.63) is 97.2 Å². The number of nitrogens with zero attached hydrogens (tertiary/aromatic N) is 1. The van der Waals surface area contributed by atoms with Crippen LogP contribution in [0, 0.1) is 0 Å². The highest BCUT2D eigenvalue weighted by atomic mass is 31.2. The Bertz CT molecular complexity index is 1710. The minimum Gasteiger partial charge on any atom is -0.756 e. The standard InChI is InChI=1S/C71H127N2O7P/c1-7-10-13-16-19-22-25-28-30-31-32-33-34-35-36-37-38-39-40-41-43-45-48-51-54-57-60-63-70(74)72-68(67-79-81(76,77)78-66-65-73(4,5)6)69(62-59-56-53-50-47-44-27-24-21-18-15-12-9-3)80-71(75)64-61-58-55-52-49-46-42-29-26-23-20-17-14-11-8-2/h10,13,19-20,22-23,26,28-30,32-33,35-36,59,62,68-69H,7-9,11-12,14-18,21,24-25,27,31,34,37-58,60-61,63-67H2,1-6H3,(H-,72,74,76,77)/b13-10-,22-19-,23-20+,29-26+,30-28-,33-32-,36-35-,62-59-. The van der Waals surface area contributed by atoms with Gasteiger partial charge in [-0.15, -0.1) is 0 Å². The van der Waals surface area contributed by atoms with Crippen LogP contribution >= 0.6 is 7.82 Å². The molecule has 0 bridgehead atoms. The van der Waals surface area contributed by atoms with Gasteiger partial charge < -0.3 is 28.5 Å². The maximum atomic E-state index is 13.6. The minimum atomic E-state index is -4.71. The first-order chi connectivity index (χ1) is 39.4. The van der Waals surface area contributed by atoms with Crippen LogP contribution < -0.4 is 10.2 Å². The van der Waals surface area contributed by atoms with Crippen molar-refractivity contribution in [3.8, 4) is 0 Å². The molecule has 0 spiro atoms. The summed E-state index contributed by atoms with van der Waals surface area (Å²) in [4.78, 5) is 40.1. The maximum Gasteiger partial charge on any atom is 0.306 e. The molecule has 3 unspecified atom stereocenters. The van der Waals surface area contributed by atoms with Crippen molar-refractivity contribution in [1.29, 1.82) is 0 Å². The van der Waals surface area contributed by atoms with E-state index in [1.165, 1.54) is 128 Å². The number of allylic oxidation sites excluding steroid dienone is 15. The molecule has 0 saturated heterocycles. The van der Waals surface area contributed by atoms with Crippen molar-refractivity contribution >= 4 is 19.7 Å². The van der Waals surface area contributed by atoms with Gasteiger partial charge in [0.2, 0.25) is 5.91 Å². The summed E-state index contributed by atoms with van der Waals surface area (Å²) >= 11 is 0. The molecular formula is C71H127N2O7P. The molecular weight excluding hydrogens is 1020 g/mol. The van der Waals surface area contributed by atoms with Gasteiger partial charge in [-0.25, -0.2) is 0 Å². The number of amides is 1. The SMILES string of the molecule is CC/C=C\C/C=C\C/C=C\C/C=C\C/C=C\CCCCCCCCCCCCCC(=O)NC(COP(=O)([O-])OCC[N+](C)(C)C)C(/C=C\CCCCCCCCCCCCC)OC(=O)CCCCCCCC/C=C/C=C/CCCCC. The van der Waals surface area contributed by atoms with Crippen molar-refractivity contribution in [2.45, 2.75) is 303 Å². The van der Waals surface area contributed by atoms with E-state index in [2.05, 4.69) is 111 Å². The Labute approximate surface area is 500 Å². The highest BCUT2D eigenvalue weighted by molar-refractivity contribution is 7.45. The van der Waals surface area contributed by atoms with Crippen LogP contribution in [0.4, 0.5) is 0 Å². The number of carbonyl (C=O) groups excluding carboxylic acids is 2. The Morgan fingerprint density at radius 3 is 1.28 bits per heavy atom. The first kappa shape index (κ1) is 77.9. The van der Waals surface area contributed by atoms with Gasteiger partial charge in [0.25, 0.3) is 7.82 Å². The Morgan fingerprint density at radius 2 is 0.827 bits per heavy atom. The van der Waals surface area contributed by atoms with Crippen LogP contribution in [0.3, 0.4) is 0 Å². The van der Waals surface area contributed by atoms with Gasteiger partial charge in [-0.2, -0.15) is 0 Å². The van der Waals surface area contributed by atoms with E-state index in [4.69, 9.17) is 13.8 Å². The van der Waals surface area contributed by atoms with E-state index in [0.29, 0.717) is 23.9 Å². The van der Waals surface area contributed by atoms with E-state index < -0.39 is 26.6 Å². The molecule has 0 aromatic heterocycles. The predicted molar refractivity (Wildman–Crippen MR) is 348 cm³/mol. The summed E-state index contributed by atoms with van der Waals surface area (Å²) in [5.74, 6) is -0.556. The Morgan fingerprint density at radius 1 is 0.457 bits per heavy atom. The number of phosphoric ester groups is 1. The lowest BCUT2D eigenvalue weighted by Gasteiger charge is -2.30. The zero-order chi connectivity index (χ0) is 59.3. The van der Waals surface area contributed by atoms with E-state index in [0.717, 1.165) is 122 Å². The molecule has 1 amide bonds. The minimum absolute atomic E-state index is 0.0283. The fraction of sp³-hybridized carbons (Fsp3) is 0.746. The third-order valence-electron chi connectivity index (χ3n) is 14.5. The molecule has 0 aromatic carbocycles. The van der Waals surface area contributed by atoms with Crippen molar-refractivity contribution in [2.75, 3.05) is 40.9 Å². The van der Waals surface area contributed by atoms with Crippen LogP contribution in [0.2, 0.25) is 0 Å². The quantitative estimate of drug-likeness (QED) is 0.0161. The number of nitrogens with one attached hydrogen (secondary N) is 1. The summed E-state index contributed by atoms with van der Waals surface area (Å²) in [5.41, 5.74) is 0. The summed E-state index contributed by atoms with van der Waals surface area (Å²) in [6.07, 6.45) is 80.9. The van der Waals surface area contributed by atoms with E-state index in [1.807, 2.05) is 33.3 Å². The van der Waals surface area contributed by atoms with Crippen LogP contribution in [0.25, 0.3) is 0 Å². The number of hydrogen-bond donors (Lipinski definition) is 1. The van der Waals surface area contributed by atoms with E-state index in [-0.39, 0.29) is 24.9 Å². The highest BCUT2D eigenvalue weighted by Crippen LogP contribution is 2.38. The van der Waals surface area contributed by atoms with E-state index in [1.54, 1.807) is 0 Å². The van der Waals surface area contributed by atoms with E-state index >= 15 is 0 Å². The van der Waals surface area contributed by atoms with Gasteiger partial charge in [0.15, 0.2) is 0 Å². The Balaban J connectivity index is 5.12. The van der Waals surface area contributed by atoms with E-state index in [9.17, 15) is 19.0 Å². The first-order valence-corrected chi connectivity index (χ1v) is 35.0. The zero-order valence-corrected chi connectivity index (χ0v) is 54.4. The molecule has 0 aliphatic carbocycles. The molecule has 0 radical (unpaired) electrons. The van der Waals surface area contributed by atoms with Gasteiger partial charge in [0.1, 0.15) is 19.3 Å². The summed E-state index contributed by atoms with van der Waals surface area (Å²) < 4.78 is 30.4. The Hall–Kier alpha value is -3.07. The largest absolute Gasteiger partial charge is 0.756 e. The van der Waals surface area contributed by atoms with Crippen molar-refractivity contribution in [2.24, 2.45) is 0 Å². The fourth-order valence-electron chi connectivity index (χ4n) is 9.36. The lowest BCUT2D eigenvalue weighted by atomic mass is 10.0. The molecule has 0 fully saturated rings. The van der Waals surface area contributed by atoms with Crippen molar-refractivity contribution in [1.82, 2.24) is 5.32 Å². The molecule has 0 rings (SSSR count). The molecule has 9 nitrogen and oxygen atoms in total. The number of esters is 1. The molecule has 468 valence electrons. The van der Waals surface area contributed by atoms with Crippen LogP contribution in [0.15, 0.2) is 97.2 Å². The summed E-state index contributed by atoms with van der Waals surface area (Å²) in [7, 11) is 1.17. The Kier molecular flexibility index (Phi) is 57.8. The second-order valence-electron chi connectivity index (χ2n) is 23.6. The molecule has 10 heteroatoms. The lowest BCUT2D eigenvalue weighted by molar-refractivity contribution is -0.870. The van der Waals surface area contributed by atoms with Crippen molar-refractivity contribution < 1.29 is 37.3 Å². The number of quaternary nitrogens is 1. The normalized spacial score (nSPS) is 14.2. The van der Waals surface area contributed by atoms with Gasteiger partial charge >= 0.3 is 5.97 Å². The summed E-state index contributed by atoms with van der Waals surface area (Å²) in [6.45, 7) is 6.70. The maximum absolute atomic E-state index is 13.6.